The van der Waals surface area contributed by atoms with Gasteiger partial charge >= 0.3 is 0 Å². The lowest BCUT2D eigenvalue weighted by molar-refractivity contribution is -0.141. The normalized spacial score (nSPS) is 12.2. The molecule has 0 bridgehead atoms. The Morgan fingerprint density at radius 2 is 1.60 bits per heavy atom. The lowest BCUT2D eigenvalue weighted by Gasteiger charge is -2.32. The van der Waals surface area contributed by atoms with Gasteiger partial charge in [-0.25, -0.2) is 8.42 Å². The van der Waals surface area contributed by atoms with E-state index in [1.807, 2.05) is 76.2 Å². The molecule has 3 rings (SSSR count). The molecule has 43 heavy (non-hydrogen) atoms. The maximum atomic E-state index is 14.0. The summed E-state index contributed by atoms with van der Waals surface area (Å²) in [7, 11) is -3.60. The van der Waals surface area contributed by atoms with E-state index in [1.54, 1.807) is 23.1 Å². The lowest BCUT2D eigenvalue weighted by atomic mass is 10.0. The molecule has 1 N–H and O–H groups in total. The Bertz CT molecular complexity index is 1510. The molecule has 0 aliphatic rings. The fourth-order valence-electron chi connectivity index (χ4n) is 4.78. The Kier molecular flexibility index (Phi) is 12.5. The molecule has 0 saturated heterocycles. The molecule has 0 aliphatic carbocycles. The van der Waals surface area contributed by atoms with E-state index >= 15 is 0 Å². The van der Waals surface area contributed by atoms with Gasteiger partial charge in [0, 0.05) is 32.5 Å². The van der Waals surface area contributed by atoms with Crippen molar-refractivity contribution >= 4 is 50.7 Å². The van der Waals surface area contributed by atoms with Crippen molar-refractivity contribution < 1.29 is 18.0 Å². The maximum Gasteiger partial charge on any atom is 0.243 e. The Morgan fingerprint density at radius 1 is 0.907 bits per heavy atom. The van der Waals surface area contributed by atoms with Crippen LogP contribution in [0.15, 0.2) is 66.7 Å². The minimum Gasteiger partial charge on any atom is -0.354 e. The van der Waals surface area contributed by atoms with E-state index in [-0.39, 0.29) is 43.7 Å². The van der Waals surface area contributed by atoms with E-state index in [2.05, 4.69) is 5.32 Å². The van der Waals surface area contributed by atoms with Crippen LogP contribution in [-0.4, -0.2) is 50.5 Å². The highest BCUT2D eigenvalue weighted by atomic mass is 35.5. The van der Waals surface area contributed by atoms with Crippen LogP contribution in [0.1, 0.15) is 48.9 Å². The number of carbonyl (C=O) groups is 2. The van der Waals surface area contributed by atoms with Gasteiger partial charge in [-0.05, 0) is 66.6 Å². The molecule has 10 heteroatoms. The second-order valence-corrected chi connectivity index (χ2v) is 14.1. The molecule has 232 valence electrons. The summed E-state index contributed by atoms with van der Waals surface area (Å²) in [5, 5.41) is 3.75. The fourth-order valence-corrected chi connectivity index (χ4v) is 6.12. The lowest BCUT2D eigenvalue weighted by Crippen LogP contribution is -2.51. The summed E-state index contributed by atoms with van der Waals surface area (Å²) >= 11 is 12.4. The van der Waals surface area contributed by atoms with E-state index in [0.29, 0.717) is 28.7 Å². The molecule has 3 aromatic carbocycles. The minimum atomic E-state index is -3.60. The van der Waals surface area contributed by atoms with Crippen LogP contribution >= 0.6 is 23.2 Å². The quantitative estimate of drug-likeness (QED) is 0.215. The van der Waals surface area contributed by atoms with Gasteiger partial charge in [-0.1, -0.05) is 85.6 Å². The Labute approximate surface area is 266 Å². The Morgan fingerprint density at radius 3 is 2.23 bits per heavy atom. The molecule has 0 fully saturated rings. The van der Waals surface area contributed by atoms with E-state index < -0.39 is 16.1 Å². The first-order valence-corrected chi connectivity index (χ1v) is 17.0. The van der Waals surface area contributed by atoms with Gasteiger partial charge in [0.1, 0.15) is 6.04 Å². The van der Waals surface area contributed by atoms with Gasteiger partial charge in [0.05, 0.1) is 22.0 Å². The van der Waals surface area contributed by atoms with Gasteiger partial charge in [0.2, 0.25) is 21.8 Å². The first-order chi connectivity index (χ1) is 20.3. The van der Waals surface area contributed by atoms with Crippen LogP contribution in [0.5, 0.6) is 0 Å². The highest BCUT2D eigenvalue weighted by Crippen LogP contribution is 2.26. The molecule has 0 heterocycles. The summed E-state index contributed by atoms with van der Waals surface area (Å²) in [4.78, 5) is 29.2. The molecular formula is C33H41Cl2N3O4S. The van der Waals surface area contributed by atoms with E-state index in [1.165, 1.54) is 10.6 Å². The summed E-state index contributed by atoms with van der Waals surface area (Å²) < 4.78 is 26.9. The third-order valence-electron chi connectivity index (χ3n) is 7.08. The number of sulfonamides is 1. The number of nitrogens with one attached hydrogen (secondary N) is 1. The molecular weight excluding hydrogens is 605 g/mol. The topological polar surface area (TPSA) is 86.8 Å². The average Bonchev–Trinajstić information content (AvgIpc) is 2.94. The third kappa shape index (κ3) is 10.3. The first-order valence-electron chi connectivity index (χ1n) is 14.4. The van der Waals surface area contributed by atoms with Crippen molar-refractivity contribution in [3.63, 3.8) is 0 Å². The summed E-state index contributed by atoms with van der Waals surface area (Å²) in [6, 6.07) is 19.6. The number of hydrogen-bond donors (Lipinski definition) is 1. The molecule has 1 atom stereocenters. The van der Waals surface area contributed by atoms with Crippen molar-refractivity contribution in [1.82, 2.24) is 10.2 Å². The van der Waals surface area contributed by atoms with Crippen LogP contribution in [0.25, 0.3) is 0 Å². The molecule has 0 saturated carbocycles. The van der Waals surface area contributed by atoms with Gasteiger partial charge in [-0.15, -0.1) is 0 Å². The fraction of sp³-hybridized carbons (Fsp3) is 0.394. The summed E-state index contributed by atoms with van der Waals surface area (Å²) in [6.45, 7) is 8.51. The number of amides is 2. The van der Waals surface area contributed by atoms with Crippen LogP contribution < -0.4 is 9.62 Å². The molecule has 0 spiro atoms. The SMILES string of the molecule is Cc1ccc(C)c(N(CCCC(=O)N(Cc2ccc(Cl)c(Cl)c2)C(Cc2ccccc2)C(=O)NCC(C)C)S(C)(=O)=O)c1. The second kappa shape index (κ2) is 15.6. The Balaban J connectivity index is 1.92. The van der Waals surface area contributed by atoms with Crippen molar-refractivity contribution in [3.8, 4) is 0 Å². The number of rotatable bonds is 14. The minimum absolute atomic E-state index is 0.0426. The number of aryl methyl sites for hydroxylation is 2. The number of nitrogens with zero attached hydrogens (tertiary/aromatic N) is 2. The van der Waals surface area contributed by atoms with Crippen LogP contribution in [0.4, 0.5) is 5.69 Å². The number of hydrogen-bond acceptors (Lipinski definition) is 4. The molecule has 3 aromatic rings. The predicted octanol–water partition coefficient (Wildman–Crippen LogP) is 6.57. The standard InChI is InChI=1S/C33H41Cl2N3O4S/c1-23(2)21-36-33(40)31(20-26-10-7-6-8-11-26)37(22-27-15-16-28(34)29(35)19-27)32(39)12-9-17-38(43(5,41)42)30-18-24(3)13-14-25(30)4/h6-8,10-11,13-16,18-19,23,31H,9,12,17,20-22H2,1-5H3,(H,36,40). The van der Waals surface area contributed by atoms with Crippen LogP contribution in [0, 0.1) is 19.8 Å². The zero-order valence-corrected chi connectivity index (χ0v) is 27.8. The van der Waals surface area contributed by atoms with E-state index in [9.17, 15) is 18.0 Å². The molecule has 0 aromatic heterocycles. The van der Waals surface area contributed by atoms with Crippen molar-refractivity contribution in [3.05, 3.63) is 99.0 Å². The number of anilines is 1. The van der Waals surface area contributed by atoms with Crippen LogP contribution in [0.3, 0.4) is 0 Å². The average molecular weight is 647 g/mol. The van der Waals surface area contributed by atoms with Gasteiger partial charge in [-0.2, -0.15) is 0 Å². The van der Waals surface area contributed by atoms with Gasteiger partial charge in [0.15, 0.2) is 0 Å². The highest BCUT2D eigenvalue weighted by molar-refractivity contribution is 7.92. The molecule has 2 amide bonds. The van der Waals surface area contributed by atoms with Crippen LogP contribution in [-0.2, 0) is 32.6 Å². The van der Waals surface area contributed by atoms with Gasteiger partial charge in [0.25, 0.3) is 0 Å². The highest BCUT2D eigenvalue weighted by Gasteiger charge is 2.31. The largest absolute Gasteiger partial charge is 0.354 e. The van der Waals surface area contributed by atoms with E-state index in [0.717, 1.165) is 22.3 Å². The third-order valence-corrected chi connectivity index (χ3v) is 9.00. The van der Waals surface area contributed by atoms with Gasteiger partial charge < -0.3 is 10.2 Å². The summed E-state index contributed by atoms with van der Waals surface area (Å²) in [5.41, 5.74) is 4.00. The molecule has 0 aliphatic heterocycles. The molecule has 0 radical (unpaired) electrons. The van der Waals surface area contributed by atoms with E-state index in [4.69, 9.17) is 23.2 Å². The predicted molar refractivity (Wildman–Crippen MR) is 176 cm³/mol. The van der Waals surface area contributed by atoms with Crippen molar-refractivity contribution in [2.24, 2.45) is 5.92 Å². The monoisotopic (exact) mass is 645 g/mol. The van der Waals surface area contributed by atoms with Crippen molar-refractivity contribution in [2.45, 2.75) is 59.5 Å². The summed E-state index contributed by atoms with van der Waals surface area (Å²) in [6.07, 6.45) is 1.79. The zero-order valence-electron chi connectivity index (χ0n) is 25.4. The van der Waals surface area contributed by atoms with Gasteiger partial charge in [-0.3, -0.25) is 13.9 Å². The van der Waals surface area contributed by atoms with Crippen molar-refractivity contribution in [2.75, 3.05) is 23.7 Å². The Hall–Kier alpha value is -3.07. The smallest absolute Gasteiger partial charge is 0.243 e. The number of halogens is 2. The zero-order chi connectivity index (χ0) is 31.7. The second-order valence-electron chi connectivity index (χ2n) is 11.3. The van der Waals surface area contributed by atoms with Crippen molar-refractivity contribution in [1.29, 1.82) is 0 Å². The maximum absolute atomic E-state index is 14.0. The molecule has 7 nitrogen and oxygen atoms in total. The van der Waals surface area contributed by atoms with Crippen LogP contribution in [0.2, 0.25) is 10.0 Å². The number of benzene rings is 3. The number of carbonyl (C=O) groups excluding carboxylic acids is 2. The summed E-state index contributed by atoms with van der Waals surface area (Å²) in [5.74, 6) is -0.284. The molecule has 1 unspecified atom stereocenters. The first kappa shape index (κ1) is 34.4.